The van der Waals surface area contributed by atoms with Gasteiger partial charge in [-0.15, -0.1) is 11.3 Å². The quantitative estimate of drug-likeness (QED) is 0.518. The molecule has 0 bridgehead atoms. The SMILES string of the molecule is O=S(=O)(c1cccs1)N1CCN(C[C@H](O)COC(c2ccccc2)c2ccccc2)CC1. The summed E-state index contributed by atoms with van der Waals surface area (Å²) in [5, 5.41) is 12.4. The van der Waals surface area contributed by atoms with Gasteiger partial charge in [0, 0.05) is 32.7 Å². The summed E-state index contributed by atoms with van der Waals surface area (Å²) in [6.45, 7) is 2.66. The van der Waals surface area contributed by atoms with Crippen molar-refractivity contribution in [2.75, 3.05) is 39.3 Å². The van der Waals surface area contributed by atoms with Crippen LogP contribution >= 0.6 is 11.3 Å². The van der Waals surface area contributed by atoms with Crippen molar-refractivity contribution in [2.24, 2.45) is 0 Å². The zero-order chi connectivity index (χ0) is 22.4. The molecular weight excluding hydrogens is 444 g/mol. The molecule has 1 saturated heterocycles. The fourth-order valence-corrected chi connectivity index (χ4v) is 6.46. The number of ether oxygens (including phenoxy) is 1. The van der Waals surface area contributed by atoms with Crippen LogP contribution in [0.2, 0.25) is 0 Å². The van der Waals surface area contributed by atoms with E-state index in [9.17, 15) is 13.5 Å². The number of benzene rings is 2. The fourth-order valence-electron chi connectivity index (χ4n) is 3.89. The summed E-state index contributed by atoms with van der Waals surface area (Å²) in [5.41, 5.74) is 2.08. The zero-order valence-electron chi connectivity index (χ0n) is 17.8. The zero-order valence-corrected chi connectivity index (χ0v) is 19.4. The number of sulfonamides is 1. The van der Waals surface area contributed by atoms with Crippen molar-refractivity contribution < 1.29 is 18.3 Å². The van der Waals surface area contributed by atoms with Crippen LogP contribution in [0.1, 0.15) is 17.2 Å². The third kappa shape index (κ3) is 5.64. The van der Waals surface area contributed by atoms with Gasteiger partial charge in [-0.2, -0.15) is 4.31 Å². The first-order valence-corrected chi connectivity index (χ1v) is 13.0. The maximum atomic E-state index is 12.7. The van der Waals surface area contributed by atoms with Gasteiger partial charge < -0.3 is 9.84 Å². The molecule has 4 rings (SSSR count). The number of aliphatic hydroxyl groups excluding tert-OH is 1. The lowest BCUT2D eigenvalue weighted by Gasteiger charge is -2.34. The minimum atomic E-state index is -3.42. The van der Waals surface area contributed by atoms with E-state index in [1.165, 1.54) is 15.6 Å². The molecule has 1 atom stereocenters. The van der Waals surface area contributed by atoms with Gasteiger partial charge in [0.1, 0.15) is 10.3 Å². The number of thiophene rings is 1. The van der Waals surface area contributed by atoms with Crippen molar-refractivity contribution in [3.05, 3.63) is 89.3 Å². The van der Waals surface area contributed by atoms with Gasteiger partial charge in [0.05, 0.1) is 12.7 Å². The maximum Gasteiger partial charge on any atom is 0.252 e. The Hall–Kier alpha value is -2.07. The van der Waals surface area contributed by atoms with Gasteiger partial charge in [0.2, 0.25) is 0 Å². The monoisotopic (exact) mass is 472 g/mol. The predicted molar refractivity (Wildman–Crippen MR) is 126 cm³/mol. The standard InChI is InChI=1S/C24H28N2O4S2/c27-22(18-25-13-15-26(16-14-25)32(28,29)23-12-7-17-31-23)19-30-24(20-8-3-1-4-9-20)21-10-5-2-6-11-21/h1-12,17,22,24,27H,13-16,18-19H2/t22-/m0/s1. The van der Waals surface area contributed by atoms with Gasteiger partial charge in [-0.05, 0) is 22.6 Å². The Balaban J connectivity index is 1.30. The van der Waals surface area contributed by atoms with Crippen molar-refractivity contribution in [1.29, 1.82) is 0 Å². The molecule has 1 aromatic heterocycles. The van der Waals surface area contributed by atoms with E-state index in [2.05, 4.69) is 4.90 Å². The van der Waals surface area contributed by atoms with Gasteiger partial charge in [-0.25, -0.2) is 8.42 Å². The van der Waals surface area contributed by atoms with E-state index in [0.29, 0.717) is 36.9 Å². The summed E-state index contributed by atoms with van der Waals surface area (Å²) >= 11 is 1.24. The smallest absolute Gasteiger partial charge is 0.252 e. The van der Waals surface area contributed by atoms with Gasteiger partial charge >= 0.3 is 0 Å². The van der Waals surface area contributed by atoms with Crippen LogP contribution in [-0.4, -0.2) is 68.2 Å². The molecule has 6 nitrogen and oxygen atoms in total. The van der Waals surface area contributed by atoms with E-state index < -0.39 is 16.1 Å². The van der Waals surface area contributed by atoms with Crippen LogP contribution in [0.15, 0.2) is 82.4 Å². The number of β-amino-alcohol motifs (C(OH)–C–C–N with tert-alkyl or cyclic N) is 1. The summed E-state index contributed by atoms with van der Waals surface area (Å²) in [6, 6.07) is 23.4. The van der Waals surface area contributed by atoms with E-state index in [-0.39, 0.29) is 12.7 Å². The Morgan fingerprint density at radius 1 is 0.875 bits per heavy atom. The molecule has 0 aliphatic carbocycles. The molecule has 170 valence electrons. The van der Waals surface area contributed by atoms with Crippen molar-refractivity contribution >= 4 is 21.4 Å². The average Bonchev–Trinajstić information content (AvgIpc) is 3.37. The topological polar surface area (TPSA) is 70.1 Å². The van der Waals surface area contributed by atoms with Crippen molar-refractivity contribution in [2.45, 2.75) is 16.4 Å². The second-order valence-electron chi connectivity index (χ2n) is 7.83. The lowest BCUT2D eigenvalue weighted by atomic mass is 10.0. The molecule has 0 amide bonds. The van der Waals surface area contributed by atoms with Crippen molar-refractivity contribution in [3.63, 3.8) is 0 Å². The number of piperazine rings is 1. The summed E-state index contributed by atoms with van der Waals surface area (Å²) in [6.07, 6.45) is -0.912. The van der Waals surface area contributed by atoms with Gasteiger partial charge in [-0.3, -0.25) is 4.90 Å². The van der Waals surface area contributed by atoms with E-state index >= 15 is 0 Å². The third-order valence-electron chi connectivity index (χ3n) is 5.55. The molecule has 32 heavy (non-hydrogen) atoms. The molecule has 1 aliphatic rings. The number of rotatable bonds is 9. The van der Waals surface area contributed by atoms with E-state index in [1.807, 2.05) is 60.7 Å². The van der Waals surface area contributed by atoms with Crippen LogP contribution in [0.4, 0.5) is 0 Å². The highest BCUT2D eigenvalue weighted by molar-refractivity contribution is 7.91. The van der Waals surface area contributed by atoms with Crippen molar-refractivity contribution in [1.82, 2.24) is 9.21 Å². The largest absolute Gasteiger partial charge is 0.389 e. The lowest BCUT2D eigenvalue weighted by molar-refractivity contribution is -0.0117. The minimum Gasteiger partial charge on any atom is -0.389 e. The molecule has 8 heteroatoms. The normalized spacial score (nSPS) is 16.9. The number of hydrogen-bond donors (Lipinski definition) is 1. The third-order valence-corrected chi connectivity index (χ3v) is 8.82. The first kappa shape index (κ1) is 23.1. The van der Waals surface area contributed by atoms with Crippen LogP contribution in [0.3, 0.4) is 0 Å². The molecule has 0 radical (unpaired) electrons. The highest BCUT2D eigenvalue weighted by atomic mass is 32.2. The molecule has 1 N–H and O–H groups in total. The molecule has 3 aromatic rings. The number of aliphatic hydroxyl groups is 1. The summed E-state index contributed by atoms with van der Waals surface area (Å²) < 4.78 is 33.4. The minimum absolute atomic E-state index is 0.197. The van der Waals surface area contributed by atoms with E-state index in [4.69, 9.17) is 4.74 Å². The molecular formula is C24H28N2O4S2. The Labute approximate surface area is 193 Å². The first-order chi connectivity index (χ1) is 15.5. The Morgan fingerprint density at radius 3 is 2.00 bits per heavy atom. The average molecular weight is 473 g/mol. The summed E-state index contributed by atoms with van der Waals surface area (Å²) in [5.74, 6) is 0. The maximum absolute atomic E-state index is 12.7. The second-order valence-corrected chi connectivity index (χ2v) is 10.9. The molecule has 2 heterocycles. The Bertz CT molecular complexity index is 1010. The van der Waals surface area contributed by atoms with Crippen molar-refractivity contribution in [3.8, 4) is 0 Å². The van der Waals surface area contributed by atoms with Crippen LogP contribution in [-0.2, 0) is 14.8 Å². The van der Waals surface area contributed by atoms with Crippen LogP contribution < -0.4 is 0 Å². The highest BCUT2D eigenvalue weighted by Gasteiger charge is 2.29. The summed E-state index contributed by atoms with van der Waals surface area (Å²) in [4.78, 5) is 2.09. The first-order valence-electron chi connectivity index (χ1n) is 10.7. The van der Waals surface area contributed by atoms with E-state index in [1.54, 1.807) is 17.5 Å². The van der Waals surface area contributed by atoms with Crippen LogP contribution in [0.25, 0.3) is 0 Å². The molecule has 0 unspecified atom stereocenters. The van der Waals surface area contributed by atoms with E-state index in [0.717, 1.165) is 11.1 Å². The van der Waals surface area contributed by atoms with Gasteiger partial charge in [0.15, 0.2) is 0 Å². The Morgan fingerprint density at radius 2 is 1.47 bits per heavy atom. The predicted octanol–water partition coefficient (Wildman–Crippen LogP) is 3.22. The number of nitrogens with zero attached hydrogens (tertiary/aromatic N) is 2. The highest BCUT2D eigenvalue weighted by Crippen LogP contribution is 2.26. The number of hydrogen-bond acceptors (Lipinski definition) is 6. The molecule has 2 aromatic carbocycles. The van der Waals surface area contributed by atoms with Gasteiger partial charge in [0.25, 0.3) is 10.0 Å². The van der Waals surface area contributed by atoms with Crippen LogP contribution in [0.5, 0.6) is 0 Å². The molecule has 0 saturated carbocycles. The Kier molecular flexibility index (Phi) is 7.72. The summed E-state index contributed by atoms with van der Waals surface area (Å²) in [7, 11) is -3.42. The second kappa shape index (κ2) is 10.7. The van der Waals surface area contributed by atoms with Gasteiger partial charge in [-0.1, -0.05) is 66.7 Å². The molecule has 0 spiro atoms. The lowest BCUT2D eigenvalue weighted by Crippen LogP contribution is -2.50. The molecule has 1 aliphatic heterocycles. The molecule has 1 fully saturated rings. The van der Waals surface area contributed by atoms with Crippen LogP contribution in [0, 0.1) is 0 Å². The fraction of sp³-hybridized carbons (Fsp3) is 0.333.